The molecular formula is C20H22N4O3S2. The highest BCUT2D eigenvalue weighted by Gasteiger charge is 2.26. The smallest absolute Gasteiger partial charge is 0.321 e. The minimum Gasteiger partial charge on any atom is -0.466 e. The number of anilines is 1. The number of aryl methyl sites for hydroxylation is 2. The van der Waals surface area contributed by atoms with Crippen LogP contribution in [0.2, 0.25) is 0 Å². The zero-order valence-electron chi connectivity index (χ0n) is 16.5. The minimum absolute atomic E-state index is 0.0420. The number of rotatable bonds is 3. The van der Waals surface area contributed by atoms with Crippen molar-refractivity contribution in [2.75, 3.05) is 37.8 Å². The summed E-state index contributed by atoms with van der Waals surface area (Å²) in [5.74, 6) is 1.32. The zero-order valence-corrected chi connectivity index (χ0v) is 18.2. The van der Waals surface area contributed by atoms with Gasteiger partial charge in [0.25, 0.3) is 5.91 Å². The Morgan fingerprint density at radius 2 is 1.86 bits per heavy atom. The molecule has 1 aliphatic rings. The van der Waals surface area contributed by atoms with Gasteiger partial charge in [-0.15, -0.1) is 11.3 Å². The lowest BCUT2D eigenvalue weighted by atomic mass is 10.2. The molecule has 1 aromatic carbocycles. The fourth-order valence-electron chi connectivity index (χ4n) is 3.40. The number of nitrogens with zero attached hydrogens (tertiary/aromatic N) is 3. The van der Waals surface area contributed by atoms with Crippen LogP contribution < -0.4 is 5.32 Å². The van der Waals surface area contributed by atoms with Crippen LogP contribution in [-0.2, 0) is 0 Å². The molecule has 0 saturated carbocycles. The van der Waals surface area contributed by atoms with E-state index in [2.05, 4.69) is 10.3 Å². The minimum atomic E-state index is -0.151. The summed E-state index contributed by atoms with van der Waals surface area (Å²) in [7, 11) is 0. The number of piperazine rings is 1. The molecule has 0 atom stereocenters. The van der Waals surface area contributed by atoms with Gasteiger partial charge in [0.2, 0.25) is 0 Å². The van der Waals surface area contributed by atoms with Crippen LogP contribution in [0.15, 0.2) is 33.0 Å². The van der Waals surface area contributed by atoms with Crippen molar-refractivity contribution in [3.8, 4) is 0 Å². The summed E-state index contributed by atoms with van der Waals surface area (Å²) in [6.07, 6.45) is 2.00. The number of thioether (sulfide) groups is 1. The highest BCUT2D eigenvalue weighted by molar-refractivity contribution is 8.00. The largest absolute Gasteiger partial charge is 0.466 e. The third-order valence-electron chi connectivity index (χ3n) is 4.92. The second-order valence-corrected chi connectivity index (χ2v) is 8.99. The quantitative estimate of drug-likeness (QED) is 0.630. The van der Waals surface area contributed by atoms with Crippen LogP contribution in [0.4, 0.5) is 10.5 Å². The van der Waals surface area contributed by atoms with Gasteiger partial charge in [0.05, 0.1) is 15.8 Å². The van der Waals surface area contributed by atoms with Crippen molar-refractivity contribution >= 4 is 50.9 Å². The maximum Gasteiger partial charge on any atom is 0.321 e. The van der Waals surface area contributed by atoms with Crippen molar-refractivity contribution in [1.29, 1.82) is 0 Å². The normalized spacial score (nSPS) is 14.4. The third-order valence-corrected chi connectivity index (χ3v) is 6.92. The van der Waals surface area contributed by atoms with Crippen LogP contribution in [-0.4, -0.2) is 59.2 Å². The van der Waals surface area contributed by atoms with Gasteiger partial charge in [-0.25, -0.2) is 9.78 Å². The predicted molar refractivity (Wildman–Crippen MR) is 116 cm³/mol. The zero-order chi connectivity index (χ0) is 20.5. The van der Waals surface area contributed by atoms with E-state index in [9.17, 15) is 9.59 Å². The van der Waals surface area contributed by atoms with Gasteiger partial charge in [0.1, 0.15) is 11.5 Å². The molecule has 3 aromatic rings. The molecule has 3 amide bonds. The number of hydrogen-bond donors (Lipinski definition) is 1. The second-order valence-electron chi connectivity index (χ2n) is 6.90. The number of carbonyl (C=O) groups is 2. The maximum absolute atomic E-state index is 12.7. The van der Waals surface area contributed by atoms with Crippen molar-refractivity contribution in [3.63, 3.8) is 0 Å². The molecule has 1 N–H and O–H groups in total. The van der Waals surface area contributed by atoms with E-state index in [-0.39, 0.29) is 11.9 Å². The van der Waals surface area contributed by atoms with Gasteiger partial charge in [0, 0.05) is 31.9 Å². The molecule has 3 heterocycles. The summed E-state index contributed by atoms with van der Waals surface area (Å²) in [6.45, 7) is 5.62. The van der Waals surface area contributed by atoms with Gasteiger partial charge in [-0.05, 0) is 44.4 Å². The Bertz CT molecular complexity index is 1070. The molecule has 29 heavy (non-hydrogen) atoms. The Morgan fingerprint density at radius 1 is 1.14 bits per heavy atom. The second kappa shape index (κ2) is 8.08. The van der Waals surface area contributed by atoms with E-state index in [0.717, 1.165) is 26.0 Å². The number of fused-ring (bicyclic) bond motifs is 1. The van der Waals surface area contributed by atoms with Crippen LogP contribution in [0.5, 0.6) is 0 Å². The summed E-state index contributed by atoms with van der Waals surface area (Å²) in [6, 6.07) is 7.37. The molecule has 0 radical (unpaired) electrons. The molecule has 152 valence electrons. The lowest BCUT2D eigenvalue weighted by molar-refractivity contribution is 0.0670. The first-order valence-electron chi connectivity index (χ1n) is 9.31. The monoisotopic (exact) mass is 430 g/mol. The van der Waals surface area contributed by atoms with Crippen molar-refractivity contribution in [1.82, 2.24) is 14.8 Å². The number of nitrogens with one attached hydrogen (secondary N) is 1. The topological polar surface area (TPSA) is 78.7 Å². The van der Waals surface area contributed by atoms with E-state index in [1.54, 1.807) is 45.9 Å². The molecular weight excluding hydrogens is 408 g/mol. The fourth-order valence-corrected chi connectivity index (χ4v) is 4.93. The molecule has 0 unspecified atom stereocenters. The summed E-state index contributed by atoms with van der Waals surface area (Å²) < 4.78 is 7.52. The lowest BCUT2D eigenvalue weighted by Gasteiger charge is -2.34. The number of urea groups is 1. The molecule has 1 aliphatic heterocycles. The number of thiazole rings is 1. The van der Waals surface area contributed by atoms with E-state index in [0.29, 0.717) is 37.5 Å². The maximum atomic E-state index is 12.7. The molecule has 0 spiro atoms. The van der Waals surface area contributed by atoms with E-state index in [1.807, 2.05) is 31.4 Å². The summed E-state index contributed by atoms with van der Waals surface area (Å²) in [5, 5.41) is 2.96. The molecule has 2 aromatic heterocycles. The Morgan fingerprint density at radius 3 is 2.52 bits per heavy atom. The summed E-state index contributed by atoms with van der Waals surface area (Å²) >= 11 is 3.23. The number of carbonyl (C=O) groups excluding carboxylic acids is 2. The first kappa shape index (κ1) is 19.8. The van der Waals surface area contributed by atoms with Crippen molar-refractivity contribution < 1.29 is 14.0 Å². The molecule has 0 bridgehead atoms. The number of benzene rings is 1. The van der Waals surface area contributed by atoms with Crippen LogP contribution in [0.25, 0.3) is 10.2 Å². The van der Waals surface area contributed by atoms with Crippen molar-refractivity contribution in [3.05, 3.63) is 41.3 Å². The number of furan rings is 1. The Labute approximate surface area is 177 Å². The first-order valence-corrected chi connectivity index (χ1v) is 11.4. The van der Waals surface area contributed by atoms with E-state index in [4.69, 9.17) is 4.42 Å². The summed E-state index contributed by atoms with van der Waals surface area (Å²) in [4.78, 5) is 33.4. The molecule has 0 aliphatic carbocycles. The lowest BCUT2D eigenvalue weighted by Crippen LogP contribution is -2.51. The Kier molecular flexibility index (Phi) is 5.51. The average molecular weight is 431 g/mol. The molecule has 1 fully saturated rings. The Balaban J connectivity index is 1.36. The van der Waals surface area contributed by atoms with Gasteiger partial charge >= 0.3 is 6.03 Å². The van der Waals surface area contributed by atoms with E-state index < -0.39 is 0 Å². The summed E-state index contributed by atoms with van der Waals surface area (Å²) in [5.41, 5.74) is 2.29. The molecule has 9 heteroatoms. The van der Waals surface area contributed by atoms with Gasteiger partial charge in [-0.3, -0.25) is 4.79 Å². The number of aromatic nitrogens is 1. The number of hydrogen-bond acceptors (Lipinski definition) is 6. The Hall–Kier alpha value is -2.52. The number of amides is 3. The fraction of sp³-hybridized carbons (Fsp3) is 0.350. The van der Waals surface area contributed by atoms with Crippen LogP contribution in [0.1, 0.15) is 21.9 Å². The van der Waals surface area contributed by atoms with Crippen molar-refractivity contribution in [2.45, 2.75) is 18.2 Å². The third kappa shape index (κ3) is 4.11. The molecule has 4 rings (SSSR count). The van der Waals surface area contributed by atoms with Gasteiger partial charge < -0.3 is 19.5 Å². The predicted octanol–water partition coefficient (Wildman–Crippen LogP) is 4.22. The van der Waals surface area contributed by atoms with E-state index >= 15 is 0 Å². The first-order chi connectivity index (χ1) is 13.9. The van der Waals surface area contributed by atoms with Crippen LogP contribution in [0.3, 0.4) is 0 Å². The average Bonchev–Trinajstić information content (AvgIpc) is 3.29. The SMILES string of the molecule is CSc1nc2ccc(NC(=O)N3CCN(C(=O)c4cc(C)oc4C)CC3)cc2s1. The standard InChI is InChI=1S/C20H22N4O3S2/c1-12-10-15(13(2)27-12)18(25)23-6-8-24(9-7-23)19(26)21-14-4-5-16-17(11-14)29-20(22-16)28-3/h4-5,10-11H,6-9H2,1-3H3,(H,21,26). The highest BCUT2D eigenvalue weighted by Crippen LogP contribution is 2.30. The molecule has 1 saturated heterocycles. The van der Waals surface area contributed by atoms with Crippen LogP contribution in [0, 0.1) is 13.8 Å². The van der Waals surface area contributed by atoms with Gasteiger partial charge in [-0.1, -0.05) is 11.8 Å². The van der Waals surface area contributed by atoms with Crippen LogP contribution >= 0.6 is 23.1 Å². The van der Waals surface area contributed by atoms with Gasteiger partial charge in [-0.2, -0.15) is 0 Å². The van der Waals surface area contributed by atoms with Gasteiger partial charge in [0.15, 0.2) is 4.34 Å². The van der Waals surface area contributed by atoms with E-state index in [1.165, 1.54) is 0 Å². The van der Waals surface area contributed by atoms with Crippen molar-refractivity contribution in [2.24, 2.45) is 0 Å². The highest BCUT2D eigenvalue weighted by atomic mass is 32.2. The molecule has 7 nitrogen and oxygen atoms in total.